The van der Waals surface area contributed by atoms with Gasteiger partial charge in [0, 0.05) is 26.2 Å². The van der Waals surface area contributed by atoms with E-state index in [2.05, 4.69) is 4.90 Å². The van der Waals surface area contributed by atoms with Crippen LogP contribution in [-0.4, -0.2) is 54.9 Å². The molecule has 0 atom stereocenters. The summed E-state index contributed by atoms with van der Waals surface area (Å²) in [4.78, 5) is 30.2. The summed E-state index contributed by atoms with van der Waals surface area (Å²) in [5.41, 5.74) is 0.937. The second-order valence-corrected chi connectivity index (χ2v) is 9.90. The van der Waals surface area contributed by atoms with Gasteiger partial charge in [0.25, 0.3) is 0 Å². The van der Waals surface area contributed by atoms with Gasteiger partial charge >= 0.3 is 0 Å². The molecule has 4 aliphatic carbocycles. The van der Waals surface area contributed by atoms with Gasteiger partial charge in [-0.15, -0.1) is 0 Å². The van der Waals surface area contributed by atoms with Gasteiger partial charge in [-0.05, 0) is 74.0 Å². The lowest BCUT2D eigenvalue weighted by Crippen LogP contribution is -2.58. The summed E-state index contributed by atoms with van der Waals surface area (Å²) in [5, 5.41) is 0. The van der Waals surface area contributed by atoms with Crippen molar-refractivity contribution in [2.75, 3.05) is 33.3 Å². The van der Waals surface area contributed by atoms with E-state index >= 15 is 0 Å². The van der Waals surface area contributed by atoms with Gasteiger partial charge in [0.2, 0.25) is 11.8 Å². The van der Waals surface area contributed by atoms with Crippen LogP contribution < -0.4 is 4.74 Å². The van der Waals surface area contributed by atoms with Gasteiger partial charge in [-0.3, -0.25) is 9.59 Å². The molecule has 0 N–H and O–H groups in total. The summed E-state index contributed by atoms with van der Waals surface area (Å²) in [5.74, 6) is 3.72. The number of piperazine rings is 1. The summed E-state index contributed by atoms with van der Waals surface area (Å²) in [7, 11) is 1.64. The molecule has 1 aromatic rings. The number of rotatable bonds is 4. The fraction of sp³-hybridized carbons (Fsp3) is 0.667. The summed E-state index contributed by atoms with van der Waals surface area (Å²) in [6.07, 6.45) is 7.85. The molecular weight excluding hydrogens is 364 g/mol. The fourth-order valence-corrected chi connectivity index (χ4v) is 6.90. The molecule has 0 aromatic heterocycles. The normalized spacial score (nSPS) is 33.1. The van der Waals surface area contributed by atoms with Crippen molar-refractivity contribution < 1.29 is 14.3 Å². The molecule has 5 fully saturated rings. The van der Waals surface area contributed by atoms with Crippen LogP contribution in [0, 0.1) is 23.2 Å². The molecule has 4 bridgehead atoms. The van der Waals surface area contributed by atoms with E-state index in [1.54, 1.807) is 7.11 Å². The maximum absolute atomic E-state index is 13.5. The minimum absolute atomic E-state index is 0.0655. The maximum Gasteiger partial charge on any atom is 0.228 e. The number of carbonyl (C=O) groups is 2. The highest BCUT2D eigenvalue weighted by molar-refractivity contribution is 5.84. The molecule has 5 nitrogen and oxygen atoms in total. The molecule has 0 spiro atoms. The van der Waals surface area contributed by atoms with Crippen LogP contribution in [0.2, 0.25) is 0 Å². The Balaban J connectivity index is 1.17. The summed E-state index contributed by atoms with van der Waals surface area (Å²) >= 11 is 0. The first kappa shape index (κ1) is 19.0. The molecule has 2 amide bonds. The van der Waals surface area contributed by atoms with Crippen molar-refractivity contribution >= 4 is 11.8 Å². The number of hydrogen-bond donors (Lipinski definition) is 0. The molecule has 1 aromatic carbocycles. The van der Waals surface area contributed by atoms with Crippen LogP contribution in [-0.2, 0) is 16.0 Å². The van der Waals surface area contributed by atoms with Crippen LogP contribution in [0.4, 0.5) is 0 Å². The molecule has 4 saturated carbocycles. The summed E-state index contributed by atoms with van der Waals surface area (Å²) in [6.45, 7) is 2.70. The second kappa shape index (κ2) is 7.33. The minimum Gasteiger partial charge on any atom is -0.497 e. The Morgan fingerprint density at radius 3 is 1.93 bits per heavy atom. The quantitative estimate of drug-likeness (QED) is 0.786. The average molecular weight is 397 g/mol. The standard InChI is InChI=1S/C24H32N2O3/c1-29-21-4-2-17(3-5-21)13-22(27)25-6-8-26(9-7-25)23(28)24-14-18-10-19(15-24)12-20(11-18)16-24/h2-5,18-20H,6-16H2,1H3. The third-order valence-electron chi connectivity index (χ3n) is 7.93. The largest absolute Gasteiger partial charge is 0.497 e. The number of hydrogen-bond acceptors (Lipinski definition) is 3. The lowest BCUT2D eigenvalue weighted by molar-refractivity contribution is -0.160. The zero-order valence-corrected chi connectivity index (χ0v) is 17.4. The molecule has 1 heterocycles. The van der Waals surface area contributed by atoms with E-state index in [1.807, 2.05) is 29.2 Å². The number of methoxy groups -OCH3 is 1. The third-order valence-corrected chi connectivity index (χ3v) is 7.93. The van der Waals surface area contributed by atoms with Crippen molar-refractivity contribution in [3.8, 4) is 5.75 Å². The molecule has 156 valence electrons. The van der Waals surface area contributed by atoms with Crippen LogP contribution in [0.25, 0.3) is 0 Å². The van der Waals surface area contributed by atoms with Crippen LogP contribution in [0.1, 0.15) is 44.1 Å². The highest BCUT2D eigenvalue weighted by atomic mass is 16.5. The molecule has 5 heteroatoms. The van der Waals surface area contributed by atoms with Gasteiger partial charge in [-0.25, -0.2) is 0 Å². The number of nitrogens with zero attached hydrogens (tertiary/aromatic N) is 2. The van der Waals surface area contributed by atoms with Crippen molar-refractivity contribution in [1.29, 1.82) is 0 Å². The second-order valence-electron chi connectivity index (χ2n) is 9.90. The Morgan fingerprint density at radius 2 is 1.41 bits per heavy atom. The van der Waals surface area contributed by atoms with Gasteiger partial charge in [-0.2, -0.15) is 0 Å². The van der Waals surface area contributed by atoms with Crippen molar-refractivity contribution in [2.24, 2.45) is 23.2 Å². The van der Waals surface area contributed by atoms with Gasteiger partial charge in [-0.1, -0.05) is 12.1 Å². The third kappa shape index (κ3) is 3.53. The van der Waals surface area contributed by atoms with E-state index in [0.29, 0.717) is 38.5 Å². The fourth-order valence-electron chi connectivity index (χ4n) is 6.90. The number of benzene rings is 1. The first-order valence-electron chi connectivity index (χ1n) is 11.2. The smallest absolute Gasteiger partial charge is 0.228 e. The van der Waals surface area contributed by atoms with Gasteiger partial charge in [0.1, 0.15) is 5.75 Å². The van der Waals surface area contributed by atoms with E-state index in [9.17, 15) is 9.59 Å². The molecular formula is C24H32N2O3. The van der Waals surface area contributed by atoms with Crippen LogP contribution in [0.5, 0.6) is 5.75 Å². The Hall–Kier alpha value is -2.04. The van der Waals surface area contributed by atoms with E-state index in [0.717, 1.165) is 48.3 Å². The first-order valence-corrected chi connectivity index (χ1v) is 11.2. The lowest BCUT2D eigenvalue weighted by Gasteiger charge is -2.57. The van der Waals surface area contributed by atoms with Crippen LogP contribution in [0.3, 0.4) is 0 Å². The number of carbonyl (C=O) groups excluding carboxylic acids is 2. The van der Waals surface area contributed by atoms with Crippen LogP contribution in [0.15, 0.2) is 24.3 Å². The Kier molecular flexibility index (Phi) is 4.79. The van der Waals surface area contributed by atoms with Gasteiger partial charge in [0.15, 0.2) is 0 Å². The number of amides is 2. The molecule has 29 heavy (non-hydrogen) atoms. The Bertz CT molecular complexity index is 745. The van der Waals surface area contributed by atoms with E-state index in [1.165, 1.54) is 19.3 Å². The van der Waals surface area contributed by atoms with Crippen molar-refractivity contribution in [3.05, 3.63) is 29.8 Å². The maximum atomic E-state index is 13.5. The molecule has 6 rings (SSSR count). The van der Waals surface area contributed by atoms with E-state index < -0.39 is 0 Å². The molecule has 0 radical (unpaired) electrons. The van der Waals surface area contributed by atoms with E-state index in [-0.39, 0.29) is 11.3 Å². The number of ether oxygens (including phenoxy) is 1. The first-order chi connectivity index (χ1) is 14.0. The summed E-state index contributed by atoms with van der Waals surface area (Å²) < 4.78 is 5.18. The monoisotopic (exact) mass is 396 g/mol. The van der Waals surface area contributed by atoms with Crippen molar-refractivity contribution in [3.63, 3.8) is 0 Å². The zero-order chi connectivity index (χ0) is 20.0. The Morgan fingerprint density at radius 1 is 0.897 bits per heavy atom. The molecule has 1 aliphatic heterocycles. The van der Waals surface area contributed by atoms with Crippen LogP contribution >= 0.6 is 0 Å². The highest BCUT2D eigenvalue weighted by Gasteiger charge is 2.55. The molecule has 5 aliphatic rings. The van der Waals surface area contributed by atoms with Crippen molar-refractivity contribution in [1.82, 2.24) is 9.80 Å². The summed E-state index contributed by atoms with van der Waals surface area (Å²) in [6, 6.07) is 7.68. The average Bonchev–Trinajstić information content (AvgIpc) is 2.73. The zero-order valence-electron chi connectivity index (χ0n) is 17.4. The Labute approximate surface area is 173 Å². The van der Waals surface area contributed by atoms with Gasteiger partial charge < -0.3 is 14.5 Å². The van der Waals surface area contributed by atoms with Gasteiger partial charge in [0.05, 0.1) is 18.9 Å². The highest BCUT2D eigenvalue weighted by Crippen LogP contribution is 2.60. The van der Waals surface area contributed by atoms with E-state index in [4.69, 9.17) is 4.74 Å². The van der Waals surface area contributed by atoms with Crippen molar-refractivity contribution in [2.45, 2.75) is 44.9 Å². The predicted molar refractivity (Wildman–Crippen MR) is 110 cm³/mol. The molecule has 0 unspecified atom stereocenters. The topological polar surface area (TPSA) is 49.9 Å². The SMILES string of the molecule is COc1ccc(CC(=O)N2CCN(C(=O)C34CC5CC(CC(C5)C3)C4)CC2)cc1. The molecule has 1 saturated heterocycles. The minimum atomic E-state index is -0.0655. The lowest BCUT2D eigenvalue weighted by atomic mass is 9.49. The predicted octanol–water partition coefficient (Wildman–Crippen LogP) is 3.12.